The lowest BCUT2D eigenvalue weighted by Gasteiger charge is -2.17. The number of carbonyl (C=O) groups excluding carboxylic acids is 1. The number of nitrogens with one attached hydrogen (secondary N) is 1. The van der Waals surface area contributed by atoms with Crippen LogP contribution < -0.4 is 5.32 Å². The van der Waals surface area contributed by atoms with Crippen LogP contribution in [0.5, 0.6) is 0 Å². The second-order valence-electron chi connectivity index (χ2n) is 5.38. The summed E-state index contributed by atoms with van der Waals surface area (Å²) in [5.74, 6) is -0.235. The van der Waals surface area contributed by atoms with E-state index in [9.17, 15) is 9.18 Å². The number of halogens is 2. The Hall–Kier alpha value is -2.87. The van der Waals surface area contributed by atoms with Gasteiger partial charge in [-0.2, -0.15) is 0 Å². The molecular weight excluding hydrogens is 347 g/mol. The van der Waals surface area contributed by atoms with E-state index in [1.54, 1.807) is 31.2 Å². The minimum atomic E-state index is -0.743. The monoisotopic (exact) mass is 360 g/mol. The molecule has 1 amide bonds. The molecule has 2 heterocycles. The first-order chi connectivity index (χ1) is 12.0. The molecule has 25 heavy (non-hydrogen) atoms. The van der Waals surface area contributed by atoms with Crippen molar-refractivity contribution in [2.45, 2.75) is 19.4 Å². The number of hydrogen-bond donors (Lipinski definition) is 1. The maximum absolute atomic E-state index is 13.5. The second kappa shape index (κ2) is 7.35. The molecule has 9 heteroatoms. The van der Waals surface area contributed by atoms with Crippen molar-refractivity contribution in [3.05, 3.63) is 65.0 Å². The summed E-state index contributed by atoms with van der Waals surface area (Å²) in [6, 6.07) is 8.53. The van der Waals surface area contributed by atoms with Gasteiger partial charge in [0, 0.05) is 6.42 Å². The van der Waals surface area contributed by atoms with Crippen molar-refractivity contribution in [2.75, 3.05) is 5.32 Å². The molecule has 0 spiro atoms. The summed E-state index contributed by atoms with van der Waals surface area (Å²) in [5, 5.41) is 14.3. The Bertz CT molecular complexity index is 882. The third-order valence-corrected chi connectivity index (χ3v) is 3.79. The highest BCUT2D eigenvalue weighted by atomic mass is 35.5. The topological polar surface area (TPSA) is 85.6 Å². The predicted octanol–water partition coefficient (Wildman–Crippen LogP) is 2.59. The van der Waals surface area contributed by atoms with Gasteiger partial charge in [0.2, 0.25) is 5.91 Å². The van der Waals surface area contributed by atoms with Crippen LogP contribution in [0, 0.1) is 12.7 Å². The lowest BCUT2D eigenvalue weighted by Crippen LogP contribution is -2.29. The molecule has 3 aromatic rings. The molecule has 1 aromatic carbocycles. The standard InChI is InChI=1S/C16H14ClFN6O/c1-10-21-22-23-24(10)14(8-11-3-2-4-12(18)7-11)16(25)20-13-5-6-15(17)19-9-13/h2-7,9,14H,8H2,1H3,(H,20,25). The first kappa shape index (κ1) is 17.0. The molecule has 1 unspecified atom stereocenters. The Morgan fingerprint density at radius 3 is 2.84 bits per heavy atom. The van der Waals surface area contributed by atoms with Crippen molar-refractivity contribution < 1.29 is 9.18 Å². The number of aromatic nitrogens is 5. The molecule has 0 aliphatic heterocycles. The smallest absolute Gasteiger partial charge is 0.249 e. The molecule has 0 radical (unpaired) electrons. The Labute approximate surface area is 147 Å². The Kier molecular flexibility index (Phi) is 4.99. The molecule has 128 valence electrons. The second-order valence-corrected chi connectivity index (χ2v) is 5.77. The summed E-state index contributed by atoms with van der Waals surface area (Å²) < 4.78 is 14.9. The zero-order valence-corrected chi connectivity index (χ0v) is 14.0. The molecule has 7 nitrogen and oxygen atoms in total. The van der Waals surface area contributed by atoms with Gasteiger partial charge >= 0.3 is 0 Å². The molecule has 0 aliphatic carbocycles. The summed E-state index contributed by atoms with van der Waals surface area (Å²) >= 11 is 5.74. The Morgan fingerprint density at radius 1 is 1.36 bits per heavy atom. The minimum Gasteiger partial charge on any atom is -0.323 e. The van der Waals surface area contributed by atoms with Crippen LogP contribution >= 0.6 is 11.6 Å². The summed E-state index contributed by atoms with van der Waals surface area (Å²) in [6.45, 7) is 1.69. The van der Waals surface area contributed by atoms with Crippen LogP contribution in [0.4, 0.5) is 10.1 Å². The average Bonchev–Trinajstić information content (AvgIpc) is 3.00. The van der Waals surface area contributed by atoms with Gasteiger partial charge in [-0.05, 0) is 47.2 Å². The summed E-state index contributed by atoms with van der Waals surface area (Å²) in [4.78, 5) is 16.7. The van der Waals surface area contributed by atoms with Crippen LogP contribution in [0.25, 0.3) is 0 Å². The highest BCUT2D eigenvalue weighted by Crippen LogP contribution is 2.19. The number of pyridine rings is 1. The predicted molar refractivity (Wildman–Crippen MR) is 89.6 cm³/mol. The number of hydrogen-bond acceptors (Lipinski definition) is 5. The highest BCUT2D eigenvalue weighted by Gasteiger charge is 2.24. The maximum atomic E-state index is 13.5. The van der Waals surface area contributed by atoms with E-state index in [1.807, 2.05) is 0 Å². The first-order valence-electron chi connectivity index (χ1n) is 7.44. The van der Waals surface area contributed by atoms with E-state index in [1.165, 1.54) is 23.0 Å². The van der Waals surface area contributed by atoms with Crippen molar-refractivity contribution in [1.29, 1.82) is 0 Å². The molecule has 3 rings (SSSR count). The number of benzene rings is 1. The van der Waals surface area contributed by atoms with E-state index < -0.39 is 6.04 Å². The molecular formula is C16H14ClFN6O. The third kappa shape index (κ3) is 4.16. The number of nitrogens with zero attached hydrogens (tertiary/aromatic N) is 5. The van der Waals surface area contributed by atoms with Gasteiger partial charge in [0.05, 0.1) is 11.9 Å². The first-order valence-corrected chi connectivity index (χ1v) is 7.82. The molecule has 1 atom stereocenters. The number of tetrazole rings is 1. The van der Waals surface area contributed by atoms with E-state index in [2.05, 4.69) is 25.8 Å². The zero-order valence-electron chi connectivity index (χ0n) is 13.2. The van der Waals surface area contributed by atoms with Gasteiger partial charge in [0.15, 0.2) is 0 Å². The summed E-state index contributed by atoms with van der Waals surface area (Å²) in [7, 11) is 0. The fourth-order valence-corrected chi connectivity index (χ4v) is 2.49. The zero-order chi connectivity index (χ0) is 17.8. The largest absolute Gasteiger partial charge is 0.323 e. The number of rotatable bonds is 5. The van der Waals surface area contributed by atoms with Crippen LogP contribution in [-0.4, -0.2) is 31.1 Å². The van der Waals surface area contributed by atoms with E-state index >= 15 is 0 Å². The molecule has 0 aliphatic rings. The minimum absolute atomic E-state index is 0.233. The van der Waals surface area contributed by atoms with Gasteiger partial charge < -0.3 is 5.32 Å². The number of aryl methyl sites for hydroxylation is 1. The van der Waals surface area contributed by atoms with Crippen LogP contribution in [0.2, 0.25) is 5.15 Å². The van der Waals surface area contributed by atoms with Crippen molar-refractivity contribution in [1.82, 2.24) is 25.2 Å². The Morgan fingerprint density at radius 2 is 2.20 bits per heavy atom. The van der Waals surface area contributed by atoms with Crippen LogP contribution in [0.1, 0.15) is 17.4 Å². The average molecular weight is 361 g/mol. The van der Waals surface area contributed by atoms with Crippen LogP contribution in [0.15, 0.2) is 42.6 Å². The quantitative estimate of drug-likeness (QED) is 0.707. The van der Waals surface area contributed by atoms with E-state index in [0.717, 1.165) is 0 Å². The highest BCUT2D eigenvalue weighted by molar-refractivity contribution is 6.29. The van der Waals surface area contributed by atoms with Crippen molar-refractivity contribution in [3.8, 4) is 0 Å². The van der Waals surface area contributed by atoms with Gasteiger partial charge in [0.25, 0.3) is 0 Å². The van der Waals surface area contributed by atoms with Gasteiger partial charge in [-0.1, -0.05) is 23.7 Å². The van der Waals surface area contributed by atoms with Crippen molar-refractivity contribution >= 4 is 23.2 Å². The fourth-order valence-electron chi connectivity index (χ4n) is 2.38. The van der Waals surface area contributed by atoms with E-state index in [0.29, 0.717) is 22.2 Å². The molecule has 1 N–H and O–H groups in total. The molecule has 0 saturated heterocycles. The summed E-state index contributed by atoms with van der Waals surface area (Å²) in [6.07, 6.45) is 1.68. The lowest BCUT2D eigenvalue weighted by atomic mass is 10.0. The molecule has 0 bridgehead atoms. The van der Waals surface area contributed by atoms with Crippen LogP contribution in [-0.2, 0) is 11.2 Å². The lowest BCUT2D eigenvalue weighted by molar-refractivity contribution is -0.119. The van der Waals surface area contributed by atoms with E-state index in [-0.39, 0.29) is 18.1 Å². The molecule has 2 aromatic heterocycles. The molecule has 0 saturated carbocycles. The van der Waals surface area contributed by atoms with Gasteiger partial charge in [-0.25, -0.2) is 14.1 Å². The van der Waals surface area contributed by atoms with Gasteiger partial charge in [-0.3, -0.25) is 4.79 Å². The number of carbonyl (C=O) groups is 1. The number of anilines is 1. The Balaban J connectivity index is 1.86. The third-order valence-electron chi connectivity index (χ3n) is 3.57. The molecule has 0 fully saturated rings. The summed E-state index contributed by atoms with van der Waals surface area (Å²) in [5.41, 5.74) is 1.15. The SMILES string of the molecule is Cc1nnnn1C(Cc1cccc(F)c1)C(=O)Nc1ccc(Cl)nc1. The number of amides is 1. The van der Waals surface area contributed by atoms with Crippen molar-refractivity contribution in [2.24, 2.45) is 0 Å². The maximum Gasteiger partial charge on any atom is 0.249 e. The van der Waals surface area contributed by atoms with Crippen LogP contribution in [0.3, 0.4) is 0 Å². The fraction of sp³-hybridized carbons (Fsp3) is 0.188. The van der Waals surface area contributed by atoms with Crippen molar-refractivity contribution in [3.63, 3.8) is 0 Å². The van der Waals surface area contributed by atoms with Gasteiger partial charge in [0.1, 0.15) is 22.8 Å². The van der Waals surface area contributed by atoms with E-state index in [4.69, 9.17) is 11.6 Å². The van der Waals surface area contributed by atoms with Gasteiger partial charge in [-0.15, -0.1) is 5.10 Å². The normalized spacial score (nSPS) is 12.0.